The Bertz CT molecular complexity index is 1150. The Hall–Kier alpha value is -2.76. The van der Waals surface area contributed by atoms with Crippen molar-refractivity contribution in [3.63, 3.8) is 0 Å². The minimum atomic E-state index is -0.934. The van der Waals surface area contributed by atoms with Crippen molar-refractivity contribution in [1.29, 1.82) is 0 Å². The van der Waals surface area contributed by atoms with Crippen LogP contribution in [0.2, 0.25) is 5.15 Å². The van der Waals surface area contributed by atoms with Gasteiger partial charge in [-0.25, -0.2) is 14.4 Å². The smallest absolute Gasteiger partial charge is 0.168 e. The number of imidazole rings is 1. The molecule has 2 heterocycles. The van der Waals surface area contributed by atoms with Crippen LogP contribution in [0.3, 0.4) is 0 Å². The highest BCUT2D eigenvalue weighted by Crippen LogP contribution is 2.29. The van der Waals surface area contributed by atoms with Crippen LogP contribution in [0.25, 0.3) is 27.8 Å². The number of halogens is 2. The predicted molar refractivity (Wildman–Crippen MR) is 105 cm³/mol. The zero-order valence-corrected chi connectivity index (χ0v) is 15.6. The van der Waals surface area contributed by atoms with E-state index in [9.17, 15) is 9.50 Å². The highest BCUT2D eigenvalue weighted by atomic mass is 35.5. The molecule has 4 nitrogen and oxygen atoms in total. The fourth-order valence-electron chi connectivity index (χ4n) is 3.06. The largest absolute Gasteiger partial charge is 0.386 e. The molecule has 4 aromatic rings. The quantitative estimate of drug-likeness (QED) is 0.502. The Balaban J connectivity index is 1.82. The van der Waals surface area contributed by atoms with E-state index in [1.54, 1.807) is 26.2 Å². The van der Waals surface area contributed by atoms with E-state index in [-0.39, 0.29) is 5.15 Å². The summed E-state index contributed by atoms with van der Waals surface area (Å²) in [5.41, 5.74) is 3.47. The van der Waals surface area contributed by atoms with Gasteiger partial charge in [-0.3, -0.25) is 4.57 Å². The number of fused-ring (bicyclic) bond motifs is 1. The minimum absolute atomic E-state index is 0.148. The van der Waals surface area contributed by atoms with E-state index < -0.39 is 11.4 Å². The summed E-state index contributed by atoms with van der Waals surface area (Å²) in [6, 6.07) is 14.8. The number of benzene rings is 2. The van der Waals surface area contributed by atoms with Gasteiger partial charge in [0.2, 0.25) is 0 Å². The summed E-state index contributed by atoms with van der Waals surface area (Å²) in [6.45, 7) is 3.48. The van der Waals surface area contributed by atoms with Crippen LogP contribution in [0.1, 0.15) is 19.4 Å². The summed E-state index contributed by atoms with van der Waals surface area (Å²) in [6.07, 6.45) is 3.20. The van der Waals surface area contributed by atoms with Gasteiger partial charge < -0.3 is 5.11 Å². The molecular weight excluding hydrogens is 365 g/mol. The minimum Gasteiger partial charge on any atom is -0.386 e. The molecule has 0 fully saturated rings. The van der Waals surface area contributed by atoms with Crippen LogP contribution in [-0.4, -0.2) is 19.6 Å². The topological polar surface area (TPSA) is 50.9 Å². The molecule has 6 heteroatoms. The Kier molecular flexibility index (Phi) is 4.21. The van der Waals surface area contributed by atoms with E-state index in [0.717, 1.165) is 22.3 Å². The number of hydrogen-bond donors (Lipinski definition) is 1. The van der Waals surface area contributed by atoms with Crippen molar-refractivity contribution >= 4 is 22.6 Å². The van der Waals surface area contributed by atoms with Crippen LogP contribution < -0.4 is 0 Å². The highest BCUT2D eigenvalue weighted by Gasteiger charge is 2.17. The zero-order valence-electron chi connectivity index (χ0n) is 14.8. The lowest BCUT2D eigenvalue weighted by Crippen LogP contribution is -2.15. The third-order valence-corrected chi connectivity index (χ3v) is 4.80. The highest BCUT2D eigenvalue weighted by molar-refractivity contribution is 6.29. The second-order valence-electron chi connectivity index (χ2n) is 6.89. The van der Waals surface area contributed by atoms with Gasteiger partial charge in [-0.1, -0.05) is 29.8 Å². The fourth-order valence-corrected chi connectivity index (χ4v) is 3.22. The second kappa shape index (κ2) is 6.44. The standard InChI is InChI=1S/C21H17ClFN3O/c1-21(2,27)14-6-7-18-17(11-14)25-12-26(18)15-5-3-4-13(10-15)16-8-9-24-20(22)19(16)23/h3-12,27H,1-2H3. The number of hydrogen-bond acceptors (Lipinski definition) is 3. The average Bonchev–Trinajstić information content (AvgIpc) is 3.07. The first-order valence-corrected chi connectivity index (χ1v) is 8.83. The lowest BCUT2D eigenvalue weighted by molar-refractivity contribution is 0.0787. The zero-order chi connectivity index (χ0) is 19.2. The van der Waals surface area contributed by atoms with Gasteiger partial charge >= 0.3 is 0 Å². The van der Waals surface area contributed by atoms with Crippen molar-refractivity contribution in [2.24, 2.45) is 0 Å². The van der Waals surface area contributed by atoms with Gasteiger partial charge in [0.05, 0.1) is 16.6 Å². The normalized spacial score (nSPS) is 11.9. The molecule has 0 aliphatic heterocycles. The summed E-state index contributed by atoms with van der Waals surface area (Å²) < 4.78 is 16.3. The van der Waals surface area contributed by atoms with Gasteiger partial charge in [0.15, 0.2) is 11.0 Å². The van der Waals surface area contributed by atoms with Crippen molar-refractivity contribution in [3.8, 4) is 16.8 Å². The van der Waals surface area contributed by atoms with E-state index in [2.05, 4.69) is 9.97 Å². The second-order valence-corrected chi connectivity index (χ2v) is 7.25. The van der Waals surface area contributed by atoms with Crippen molar-refractivity contribution in [1.82, 2.24) is 14.5 Å². The Labute approximate surface area is 160 Å². The van der Waals surface area contributed by atoms with Gasteiger partial charge in [-0.2, -0.15) is 0 Å². The molecule has 27 heavy (non-hydrogen) atoms. The maximum atomic E-state index is 14.3. The lowest BCUT2D eigenvalue weighted by Gasteiger charge is -2.17. The van der Waals surface area contributed by atoms with Gasteiger partial charge in [0.25, 0.3) is 0 Å². The van der Waals surface area contributed by atoms with E-state index in [1.807, 2.05) is 47.0 Å². The van der Waals surface area contributed by atoms with Crippen LogP contribution in [0.4, 0.5) is 4.39 Å². The van der Waals surface area contributed by atoms with Crippen LogP contribution in [0.15, 0.2) is 61.1 Å². The van der Waals surface area contributed by atoms with Gasteiger partial charge in [-0.15, -0.1) is 0 Å². The van der Waals surface area contributed by atoms with Crippen LogP contribution in [0, 0.1) is 5.82 Å². The third kappa shape index (κ3) is 3.20. The van der Waals surface area contributed by atoms with Gasteiger partial charge in [0, 0.05) is 17.4 Å². The number of nitrogens with zero attached hydrogens (tertiary/aromatic N) is 3. The first-order valence-electron chi connectivity index (χ1n) is 8.45. The number of aromatic nitrogens is 3. The van der Waals surface area contributed by atoms with Gasteiger partial charge in [0.1, 0.15) is 6.33 Å². The van der Waals surface area contributed by atoms with Crippen molar-refractivity contribution in [2.75, 3.05) is 0 Å². The summed E-state index contributed by atoms with van der Waals surface area (Å²) in [5, 5.41) is 10.0. The molecule has 0 aliphatic carbocycles. The van der Waals surface area contributed by atoms with E-state index in [0.29, 0.717) is 11.1 Å². The Morgan fingerprint density at radius 1 is 1.07 bits per heavy atom. The Morgan fingerprint density at radius 3 is 2.67 bits per heavy atom. The van der Waals surface area contributed by atoms with E-state index in [4.69, 9.17) is 11.6 Å². The molecule has 0 spiro atoms. The van der Waals surface area contributed by atoms with Crippen LogP contribution in [0.5, 0.6) is 0 Å². The Morgan fingerprint density at radius 2 is 1.89 bits per heavy atom. The molecule has 0 saturated carbocycles. The monoisotopic (exact) mass is 381 g/mol. The van der Waals surface area contributed by atoms with E-state index >= 15 is 0 Å². The molecule has 4 rings (SSSR count). The van der Waals surface area contributed by atoms with Crippen LogP contribution in [-0.2, 0) is 5.60 Å². The summed E-state index contributed by atoms with van der Waals surface area (Å²) >= 11 is 5.81. The van der Waals surface area contributed by atoms with Crippen molar-refractivity contribution in [3.05, 3.63) is 77.6 Å². The van der Waals surface area contributed by atoms with Crippen LogP contribution >= 0.6 is 11.6 Å². The SMILES string of the molecule is CC(C)(O)c1ccc2c(c1)ncn2-c1cccc(-c2ccnc(Cl)c2F)c1. The molecule has 0 radical (unpaired) electrons. The van der Waals surface area contributed by atoms with E-state index in [1.165, 1.54) is 6.20 Å². The molecule has 0 atom stereocenters. The third-order valence-electron chi connectivity index (χ3n) is 4.54. The number of rotatable bonds is 3. The number of aliphatic hydroxyl groups is 1. The molecule has 136 valence electrons. The fraction of sp³-hybridized carbons (Fsp3) is 0.143. The molecule has 0 saturated heterocycles. The molecule has 0 amide bonds. The lowest BCUT2D eigenvalue weighted by atomic mass is 9.98. The van der Waals surface area contributed by atoms with Gasteiger partial charge in [-0.05, 0) is 55.3 Å². The molecule has 1 N–H and O–H groups in total. The molecule has 0 aliphatic rings. The average molecular weight is 382 g/mol. The van der Waals surface area contributed by atoms with Crippen molar-refractivity contribution in [2.45, 2.75) is 19.4 Å². The first-order chi connectivity index (χ1) is 12.8. The molecule has 2 aromatic heterocycles. The molecular formula is C21H17ClFN3O. The molecule has 2 aromatic carbocycles. The summed E-state index contributed by atoms with van der Waals surface area (Å²) in [7, 11) is 0. The van der Waals surface area contributed by atoms with Crippen molar-refractivity contribution < 1.29 is 9.50 Å². The molecule has 0 bridgehead atoms. The maximum Gasteiger partial charge on any atom is 0.168 e. The molecule has 0 unspecified atom stereocenters. The number of pyridine rings is 1. The summed E-state index contributed by atoms with van der Waals surface area (Å²) in [4.78, 5) is 8.21. The maximum absolute atomic E-state index is 14.3. The predicted octanol–water partition coefficient (Wildman–Crippen LogP) is 5.11. The first kappa shape index (κ1) is 17.6. The summed E-state index contributed by atoms with van der Waals surface area (Å²) in [5.74, 6) is -0.540.